The zero-order valence-corrected chi connectivity index (χ0v) is 17.8. The Bertz CT molecular complexity index is 1020. The van der Waals surface area contributed by atoms with Crippen molar-refractivity contribution in [3.05, 3.63) is 80.5 Å². The van der Waals surface area contributed by atoms with Crippen LogP contribution >= 0.6 is 27.3 Å². The van der Waals surface area contributed by atoms with E-state index in [0.29, 0.717) is 34.1 Å². The standard InChI is InChI=1S/C21H17BrN2O4S/c1-2-27-18-12-14(5-10-17(18)28-21(26)19-4-3-11-29-19)13-23-24-20(25)15-6-8-16(22)9-7-15/h3-13H,2H2,1H3,(H,24,25)/b23-13+. The lowest BCUT2D eigenvalue weighted by Crippen LogP contribution is -2.17. The molecule has 0 atom stereocenters. The molecule has 0 radical (unpaired) electrons. The van der Waals surface area contributed by atoms with Gasteiger partial charge in [0.1, 0.15) is 4.88 Å². The number of hydrogen-bond donors (Lipinski definition) is 1. The van der Waals surface area contributed by atoms with Gasteiger partial charge in [-0.05, 0) is 66.4 Å². The van der Waals surface area contributed by atoms with Crippen LogP contribution in [0, 0.1) is 0 Å². The van der Waals surface area contributed by atoms with Gasteiger partial charge in [0.25, 0.3) is 5.91 Å². The number of rotatable bonds is 7. The number of benzene rings is 2. The summed E-state index contributed by atoms with van der Waals surface area (Å²) in [7, 11) is 0. The van der Waals surface area contributed by atoms with Crippen molar-refractivity contribution in [1.29, 1.82) is 0 Å². The molecular formula is C21H17BrN2O4S. The Hall–Kier alpha value is -2.97. The Morgan fingerprint density at radius 1 is 1.14 bits per heavy atom. The van der Waals surface area contributed by atoms with Crippen LogP contribution in [0.5, 0.6) is 11.5 Å². The first kappa shape index (κ1) is 20.8. The van der Waals surface area contributed by atoms with Crippen LogP contribution in [0.25, 0.3) is 0 Å². The number of amides is 1. The third kappa shape index (κ3) is 5.75. The van der Waals surface area contributed by atoms with E-state index in [1.54, 1.807) is 54.6 Å². The van der Waals surface area contributed by atoms with Crippen molar-refractivity contribution < 1.29 is 19.1 Å². The van der Waals surface area contributed by atoms with Crippen molar-refractivity contribution in [1.82, 2.24) is 5.43 Å². The smallest absolute Gasteiger partial charge is 0.353 e. The molecule has 0 saturated heterocycles. The zero-order chi connectivity index (χ0) is 20.6. The van der Waals surface area contributed by atoms with E-state index in [0.717, 1.165) is 4.47 Å². The summed E-state index contributed by atoms with van der Waals surface area (Å²) in [6.07, 6.45) is 1.49. The zero-order valence-electron chi connectivity index (χ0n) is 15.4. The fraction of sp³-hybridized carbons (Fsp3) is 0.0952. The van der Waals surface area contributed by atoms with Crippen molar-refractivity contribution in [2.45, 2.75) is 6.92 Å². The number of hydrazone groups is 1. The summed E-state index contributed by atoms with van der Waals surface area (Å²) in [4.78, 5) is 24.8. The summed E-state index contributed by atoms with van der Waals surface area (Å²) < 4.78 is 11.9. The highest BCUT2D eigenvalue weighted by atomic mass is 79.9. The lowest BCUT2D eigenvalue weighted by Gasteiger charge is -2.10. The van der Waals surface area contributed by atoms with Gasteiger partial charge in [0.2, 0.25) is 0 Å². The molecule has 1 N–H and O–H groups in total. The molecular weight excluding hydrogens is 456 g/mol. The average molecular weight is 473 g/mol. The molecule has 3 aromatic rings. The minimum absolute atomic E-state index is 0.319. The topological polar surface area (TPSA) is 77.0 Å². The minimum Gasteiger partial charge on any atom is -0.490 e. The van der Waals surface area contributed by atoms with Crippen LogP contribution in [0.3, 0.4) is 0 Å². The quantitative estimate of drug-likeness (QED) is 0.229. The van der Waals surface area contributed by atoms with Gasteiger partial charge in [-0.15, -0.1) is 11.3 Å². The monoisotopic (exact) mass is 472 g/mol. The maximum atomic E-state index is 12.2. The van der Waals surface area contributed by atoms with Crippen molar-refractivity contribution in [3.63, 3.8) is 0 Å². The summed E-state index contributed by atoms with van der Waals surface area (Å²) in [5, 5.41) is 5.78. The van der Waals surface area contributed by atoms with Crippen molar-refractivity contribution in [2.24, 2.45) is 5.10 Å². The molecule has 0 unspecified atom stereocenters. The van der Waals surface area contributed by atoms with Gasteiger partial charge < -0.3 is 9.47 Å². The van der Waals surface area contributed by atoms with Crippen molar-refractivity contribution in [2.75, 3.05) is 6.61 Å². The number of nitrogens with zero attached hydrogens (tertiary/aromatic N) is 1. The molecule has 1 heterocycles. The van der Waals surface area contributed by atoms with E-state index in [1.165, 1.54) is 17.6 Å². The lowest BCUT2D eigenvalue weighted by molar-refractivity contribution is 0.0733. The van der Waals surface area contributed by atoms with Crippen LogP contribution < -0.4 is 14.9 Å². The second-order valence-electron chi connectivity index (χ2n) is 5.71. The van der Waals surface area contributed by atoms with Crippen molar-refractivity contribution in [3.8, 4) is 11.5 Å². The van der Waals surface area contributed by atoms with Gasteiger partial charge in [0.15, 0.2) is 11.5 Å². The number of nitrogens with one attached hydrogen (secondary N) is 1. The molecule has 0 saturated carbocycles. The molecule has 1 amide bonds. The van der Waals surface area contributed by atoms with Gasteiger partial charge in [-0.25, -0.2) is 10.2 Å². The van der Waals surface area contributed by atoms with Gasteiger partial charge in [-0.1, -0.05) is 22.0 Å². The Morgan fingerprint density at radius 3 is 2.62 bits per heavy atom. The van der Waals surface area contributed by atoms with Crippen LogP contribution in [0.1, 0.15) is 32.5 Å². The van der Waals surface area contributed by atoms with Gasteiger partial charge in [-0.2, -0.15) is 5.10 Å². The molecule has 1 aromatic heterocycles. The van der Waals surface area contributed by atoms with E-state index in [4.69, 9.17) is 9.47 Å². The van der Waals surface area contributed by atoms with Crippen LogP contribution in [-0.2, 0) is 0 Å². The molecule has 8 heteroatoms. The first-order valence-corrected chi connectivity index (χ1v) is 10.4. The molecule has 2 aromatic carbocycles. The highest BCUT2D eigenvalue weighted by Gasteiger charge is 2.14. The summed E-state index contributed by atoms with van der Waals surface area (Å²) >= 11 is 4.63. The van der Waals surface area contributed by atoms with Crippen LogP contribution in [0.15, 0.2) is 69.6 Å². The lowest BCUT2D eigenvalue weighted by atomic mass is 10.2. The van der Waals surface area contributed by atoms with E-state index in [-0.39, 0.29) is 5.91 Å². The molecule has 0 aliphatic carbocycles. The molecule has 0 fully saturated rings. The average Bonchev–Trinajstić information content (AvgIpc) is 3.25. The van der Waals surface area contributed by atoms with Gasteiger partial charge in [0.05, 0.1) is 12.8 Å². The van der Waals surface area contributed by atoms with Gasteiger partial charge in [0, 0.05) is 10.0 Å². The summed E-state index contributed by atoms with van der Waals surface area (Å²) in [5.41, 5.74) is 3.65. The van der Waals surface area contributed by atoms with Crippen molar-refractivity contribution >= 4 is 45.4 Å². The second kappa shape index (κ2) is 9.99. The third-order valence-electron chi connectivity index (χ3n) is 3.68. The number of ether oxygens (including phenoxy) is 2. The molecule has 0 aliphatic heterocycles. The predicted molar refractivity (Wildman–Crippen MR) is 116 cm³/mol. The molecule has 3 rings (SSSR count). The van der Waals surface area contributed by atoms with Gasteiger partial charge in [-0.3, -0.25) is 4.79 Å². The minimum atomic E-state index is -0.441. The number of carbonyl (C=O) groups is 2. The molecule has 6 nitrogen and oxygen atoms in total. The van der Waals surface area contributed by atoms with E-state index in [2.05, 4.69) is 26.5 Å². The first-order valence-electron chi connectivity index (χ1n) is 8.68. The van der Waals surface area contributed by atoms with E-state index in [9.17, 15) is 9.59 Å². The SMILES string of the molecule is CCOc1cc(/C=N/NC(=O)c2ccc(Br)cc2)ccc1OC(=O)c1cccs1. The Labute approximate surface area is 180 Å². The van der Waals surface area contributed by atoms with Crippen LogP contribution in [0.4, 0.5) is 0 Å². The molecule has 0 aliphatic rings. The second-order valence-corrected chi connectivity index (χ2v) is 7.58. The number of carbonyl (C=O) groups excluding carboxylic acids is 2. The van der Waals surface area contributed by atoms with E-state index < -0.39 is 5.97 Å². The highest BCUT2D eigenvalue weighted by Crippen LogP contribution is 2.29. The van der Waals surface area contributed by atoms with E-state index >= 15 is 0 Å². The molecule has 29 heavy (non-hydrogen) atoms. The first-order chi connectivity index (χ1) is 14.1. The fourth-order valence-corrected chi connectivity index (χ4v) is 3.20. The van der Waals surface area contributed by atoms with Crippen LogP contribution in [0.2, 0.25) is 0 Å². The Balaban J connectivity index is 1.68. The highest BCUT2D eigenvalue weighted by molar-refractivity contribution is 9.10. The van der Waals surface area contributed by atoms with Crippen LogP contribution in [-0.4, -0.2) is 24.7 Å². The maximum Gasteiger partial charge on any atom is 0.353 e. The fourth-order valence-electron chi connectivity index (χ4n) is 2.33. The normalized spacial score (nSPS) is 10.7. The number of halogens is 1. The molecule has 0 spiro atoms. The number of hydrogen-bond acceptors (Lipinski definition) is 6. The Kier molecular flexibility index (Phi) is 7.15. The largest absolute Gasteiger partial charge is 0.490 e. The summed E-state index contributed by atoms with van der Waals surface area (Å²) in [5.74, 6) is -0.0219. The number of esters is 1. The van der Waals surface area contributed by atoms with E-state index in [1.807, 2.05) is 12.3 Å². The summed E-state index contributed by atoms with van der Waals surface area (Å²) in [6.45, 7) is 2.24. The summed E-state index contributed by atoms with van der Waals surface area (Å²) in [6, 6.07) is 15.5. The predicted octanol–water partition coefficient (Wildman–Crippen LogP) is 4.89. The maximum absolute atomic E-state index is 12.2. The molecule has 0 bridgehead atoms. The Morgan fingerprint density at radius 2 is 1.93 bits per heavy atom. The number of thiophene rings is 1. The third-order valence-corrected chi connectivity index (χ3v) is 5.06. The molecule has 148 valence electrons. The van der Waals surface area contributed by atoms with Gasteiger partial charge >= 0.3 is 5.97 Å².